The Morgan fingerprint density at radius 1 is 1.17 bits per heavy atom. The van der Waals surface area contributed by atoms with E-state index in [1.165, 1.54) is 33.6 Å². The number of hydrogen-bond donors (Lipinski definition) is 0. The van der Waals surface area contributed by atoms with Gasteiger partial charge in [0.25, 0.3) is 11.8 Å². The van der Waals surface area contributed by atoms with Gasteiger partial charge in [-0.2, -0.15) is 0 Å². The topological polar surface area (TPSA) is 85.4 Å². The number of ether oxygens (including phenoxy) is 3. The van der Waals surface area contributed by atoms with Gasteiger partial charge in [-0.25, -0.2) is 0 Å². The highest BCUT2D eigenvalue weighted by molar-refractivity contribution is 8.78. The number of piperazine rings is 1. The van der Waals surface area contributed by atoms with Crippen molar-refractivity contribution in [2.45, 2.75) is 36.1 Å². The molecule has 1 aromatic carbocycles. The van der Waals surface area contributed by atoms with E-state index in [1.54, 1.807) is 37.9 Å². The first-order valence-corrected chi connectivity index (χ1v) is 11.3. The van der Waals surface area contributed by atoms with Crippen molar-refractivity contribution in [1.82, 2.24) is 9.80 Å². The van der Waals surface area contributed by atoms with Crippen LogP contribution in [-0.2, 0) is 19.1 Å². The maximum absolute atomic E-state index is 13.6. The smallest absolute Gasteiger partial charge is 0.314 e. The Bertz CT molecular complexity index is 972. The lowest BCUT2D eigenvalue weighted by molar-refractivity contribution is -0.165. The summed E-state index contributed by atoms with van der Waals surface area (Å²) in [7, 11) is 5.72. The lowest BCUT2D eigenvalue weighted by Crippen LogP contribution is -2.73. The third-order valence-electron chi connectivity index (χ3n) is 6.46. The van der Waals surface area contributed by atoms with Gasteiger partial charge in [-0.1, -0.05) is 27.7 Å². The summed E-state index contributed by atoms with van der Waals surface area (Å²) in [5.74, 6) is 0.370. The SMILES string of the molecule is COC(=O)[C@@]1(C)C[C@@]23SS[C@@](C)(C(=O)N2[C@H]1c1ccc2c(c1)OCO2)N(C)C3=O. The third kappa shape index (κ3) is 2.11. The Labute approximate surface area is 175 Å². The number of methoxy groups -OCH3 is 1. The van der Waals surface area contributed by atoms with Gasteiger partial charge in [-0.3, -0.25) is 14.4 Å². The summed E-state index contributed by atoms with van der Waals surface area (Å²) < 4.78 is 16.0. The molecule has 10 heteroatoms. The fourth-order valence-corrected chi connectivity index (χ4v) is 8.40. The molecule has 0 saturated carbocycles. The fraction of sp³-hybridized carbons (Fsp3) is 0.526. The number of carbonyl (C=O) groups is 3. The standard InChI is InChI=1S/C19H20N2O6S2/c1-17(16(24)25-4)8-19-15(23)20(3)18(2,28-29-19)14(22)21(19)13(17)10-5-6-11-12(7-10)27-9-26-11/h5-7,13H,8-9H2,1-4H3/t13-,17-,18-,19-/m0/s1. The first kappa shape index (κ1) is 18.9. The molecule has 0 N–H and O–H groups in total. The van der Waals surface area contributed by atoms with Crippen molar-refractivity contribution in [3.8, 4) is 11.5 Å². The van der Waals surface area contributed by atoms with Gasteiger partial charge >= 0.3 is 5.97 Å². The number of carbonyl (C=O) groups excluding carboxylic acids is 3. The molecular formula is C19H20N2O6S2. The van der Waals surface area contributed by atoms with Crippen molar-refractivity contribution in [2.75, 3.05) is 21.0 Å². The Morgan fingerprint density at radius 3 is 2.62 bits per heavy atom. The lowest BCUT2D eigenvalue weighted by Gasteiger charge is -2.57. The van der Waals surface area contributed by atoms with Crippen molar-refractivity contribution in [1.29, 1.82) is 0 Å². The van der Waals surface area contributed by atoms with Crippen LogP contribution >= 0.6 is 21.6 Å². The van der Waals surface area contributed by atoms with E-state index in [2.05, 4.69) is 0 Å². The maximum atomic E-state index is 13.6. The summed E-state index contributed by atoms with van der Waals surface area (Å²) >= 11 is 0. The Hall–Kier alpha value is -2.07. The predicted molar refractivity (Wildman–Crippen MR) is 106 cm³/mol. The maximum Gasteiger partial charge on any atom is 0.314 e. The lowest BCUT2D eigenvalue weighted by atomic mass is 9.78. The summed E-state index contributed by atoms with van der Waals surface area (Å²) in [4.78, 5) is 41.0. The number of amides is 2. The molecule has 0 aliphatic carbocycles. The molecule has 5 aliphatic rings. The van der Waals surface area contributed by atoms with Crippen LogP contribution in [0.3, 0.4) is 0 Å². The van der Waals surface area contributed by atoms with Gasteiger partial charge in [0.15, 0.2) is 21.2 Å². The highest BCUT2D eigenvalue weighted by Crippen LogP contribution is 2.69. The number of nitrogens with zero attached hydrogens (tertiary/aromatic N) is 2. The van der Waals surface area contributed by atoms with E-state index >= 15 is 0 Å². The van der Waals surface area contributed by atoms with E-state index in [4.69, 9.17) is 14.2 Å². The number of fused-ring (bicyclic) bond motifs is 3. The van der Waals surface area contributed by atoms with Crippen LogP contribution < -0.4 is 9.47 Å². The van der Waals surface area contributed by atoms with Crippen molar-refractivity contribution in [2.24, 2.45) is 5.41 Å². The molecule has 4 fully saturated rings. The molecule has 5 heterocycles. The summed E-state index contributed by atoms with van der Waals surface area (Å²) in [6, 6.07) is 4.71. The molecule has 0 unspecified atom stereocenters. The molecule has 4 atom stereocenters. The third-order valence-corrected chi connectivity index (χ3v) is 10.2. The minimum absolute atomic E-state index is 0.123. The zero-order chi connectivity index (χ0) is 20.8. The monoisotopic (exact) mass is 436 g/mol. The normalized spacial score (nSPS) is 37.2. The van der Waals surface area contributed by atoms with E-state index < -0.39 is 27.2 Å². The van der Waals surface area contributed by atoms with Crippen LogP contribution in [0.15, 0.2) is 18.2 Å². The highest BCUT2D eigenvalue weighted by atomic mass is 33.1. The van der Waals surface area contributed by atoms with Gasteiger partial charge in [0, 0.05) is 13.5 Å². The number of benzene rings is 1. The molecule has 154 valence electrons. The van der Waals surface area contributed by atoms with Crippen molar-refractivity contribution < 1.29 is 28.6 Å². The fourth-order valence-electron chi connectivity index (χ4n) is 4.82. The molecule has 1 spiro atoms. The van der Waals surface area contributed by atoms with E-state index in [0.29, 0.717) is 17.1 Å². The summed E-state index contributed by atoms with van der Waals surface area (Å²) in [5.41, 5.74) is -0.387. The van der Waals surface area contributed by atoms with Gasteiger partial charge in [0.1, 0.15) is 0 Å². The van der Waals surface area contributed by atoms with Gasteiger partial charge in [0.2, 0.25) is 6.79 Å². The number of esters is 1. The first-order valence-electron chi connectivity index (χ1n) is 9.16. The molecular weight excluding hydrogens is 416 g/mol. The van der Waals surface area contributed by atoms with E-state index in [1.807, 2.05) is 6.07 Å². The Morgan fingerprint density at radius 2 is 1.90 bits per heavy atom. The van der Waals surface area contributed by atoms with Crippen LogP contribution in [0.2, 0.25) is 0 Å². The Kier molecular flexibility index (Phi) is 3.75. The number of likely N-dealkylation sites (N-methyl/N-ethyl adjacent to an activating group) is 1. The Balaban J connectivity index is 1.72. The average Bonchev–Trinajstić information content (AvgIpc) is 3.28. The largest absolute Gasteiger partial charge is 0.469 e. The second kappa shape index (κ2) is 5.75. The quantitative estimate of drug-likeness (QED) is 0.515. The molecule has 6 rings (SSSR count). The first-order chi connectivity index (χ1) is 13.7. The summed E-state index contributed by atoms with van der Waals surface area (Å²) in [5, 5.41) is 0. The van der Waals surface area contributed by atoms with E-state index in [-0.39, 0.29) is 25.0 Å². The molecule has 0 radical (unpaired) electrons. The number of rotatable bonds is 2. The van der Waals surface area contributed by atoms with Gasteiger partial charge in [-0.15, -0.1) is 0 Å². The van der Waals surface area contributed by atoms with E-state index in [9.17, 15) is 14.4 Å². The van der Waals surface area contributed by atoms with Crippen molar-refractivity contribution in [3.05, 3.63) is 23.8 Å². The summed E-state index contributed by atoms with van der Waals surface area (Å²) in [6.07, 6.45) is 0.175. The zero-order valence-corrected chi connectivity index (χ0v) is 18.0. The predicted octanol–water partition coefficient (Wildman–Crippen LogP) is 2.15. The van der Waals surface area contributed by atoms with Gasteiger partial charge < -0.3 is 24.0 Å². The molecule has 2 bridgehead atoms. The van der Waals surface area contributed by atoms with Crippen molar-refractivity contribution >= 4 is 39.4 Å². The molecule has 29 heavy (non-hydrogen) atoms. The molecule has 4 saturated heterocycles. The number of hydrogen-bond acceptors (Lipinski definition) is 8. The van der Waals surface area contributed by atoms with Gasteiger partial charge in [0.05, 0.1) is 18.6 Å². The average molecular weight is 437 g/mol. The van der Waals surface area contributed by atoms with Gasteiger partial charge in [-0.05, 0) is 31.5 Å². The highest BCUT2D eigenvalue weighted by Gasteiger charge is 2.76. The molecule has 8 nitrogen and oxygen atoms in total. The van der Waals surface area contributed by atoms with Crippen LogP contribution in [0.5, 0.6) is 11.5 Å². The van der Waals surface area contributed by atoms with Crippen LogP contribution in [0.1, 0.15) is 31.9 Å². The summed E-state index contributed by atoms with van der Waals surface area (Å²) in [6.45, 7) is 3.64. The van der Waals surface area contributed by atoms with Crippen molar-refractivity contribution in [3.63, 3.8) is 0 Å². The second-order valence-corrected chi connectivity index (χ2v) is 10.9. The van der Waals surface area contributed by atoms with Crippen LogP contribution in [0.25, 0.3) is 0 Å². The molecule has 0 aromatic heterocycles. The molecule has 2 amide bonds. The molecule has 1 aromatic rings. The zero-order valence-electron chi connectivity index (χ0n) is 16.4. The van der Waals surface area contributed by atoms with Crippen LogP contribution in [-0.4, -0.2) is 58.3 Å². The van der Waals surface area contributed by atoms with Crippen LogP contribution in [0.4, 0.5) is 0 Å². The minimum atomic E-state index is -1.15. The molecule has 5 aliphatic heterocycles. The minimum Gasteiger partial charge on any atom is -0.469 e. The second-order valence-electron chi connectivity index (χ2n) is 8.07. The van der Waals surface area contributed by atoms with E-state index in [0.717, 1.165) is 0 Å². The van der Waals surface area contributed by atoms with Crippen LogP contribution in [0, 0.1) is 5.41 Å².